The molecule has 3 aromatic heterocycles. The lowest BCUT2D eigenvalue weighted by Gasteiger charge is -2.14. The smallest absolute Gasteiger partial charge is 0.345 e. The zero-order chi connectivity index (χ0) is 27.9. The summed E-state index contributed by atoms with van der Waals surface area (Å²) in [4.78, 5) is 25.8. The Kier molecular flexibility index (Phi) is 8.05. The minimum atomic E-state index is -0.559. The van der Waals surface area contributed by atoms with E-state index in [0.717, 1.165) is 11.1 Å². The number of carbonyl (C=O) groups excluding carboxylic acids is 1. The number of methoxy groups -OCH3 is 1. The summed E-state index contributed by atoms with van der Waals surface area (Å²) in [5, 5.41) is 0. The summed E-state index contributed by atoms with van der Waals surface area (Å²) in [7, 11) is 1.55. The second-order valence-electron chi connectivity index (χ2n) is 8.56. The van der Waals surface area contributed by atoms with Gasteiger partial charge in [0.1, 0.15) is 30.2 Å². The number of oxazole rings is 1. The van der Waals surface area contributed by atoms with Crippen molar-refractivity contribution in [2.75, 3.05) is 13.7 Å². The van der Waals surface area contributed by atoms with E-state index < -0.39 is 5.97 Å². The van der Waals surface area contributed by atoms with Gasteiger partial charge in [-0.3, -0.25) is 0 Å². The number of carbonyl (C=O) groups is 1. The number of benzene rings is 2. The van der Waals surface area contributed by atoms with Gasteiger partial charge in [-0.25, -0.2) is 14.8 Å². The Bertz CT molecular complexity index is 1580. The van der Waals surface area contributed by atoms with Crippen LogP contribution in [-0.4, -0.2) is 34.6 Å². The Morgan fingerprint density at radius 2 is 1.80 bits per heavy atom. The van der Waals surface area contributed by atoms with E-state index in [1.807, 2.05) is 43.3 Å². The fraction of sp³-hybridized carbons (Fsp3) is 0.200. The first-order chi connectivity index (χ1) is 19.6. The van der Waals surface area contributed by atoms with Crippen molar-refractivity contribution in [1.29, 1.82) is 0 Å². The normalized spacial score (nSPS) is 10.8. The van der Waals surface area contributed by atoms with E-state index in [1.165, 1.54) is 6.20 Å². The average molecular weight is 542 g/mol. The SMILES string of the molecule is CCOC(=O)c1cnc(-c2ccccc2)nc1OCc1ccc(OCc2nc(-c3ccco3)oc2C)c(OC)c1. The molecule has 0 saturated heterocycles. The molecular weight excluding hydrogens is 514 g/mol. The van der Waals surface area contributed by atoms with Crippen molar-refractivity contribution in [3.63, 3.8) is 0 Å². The van der Waals surface area contributed by atoms with Crippen LogP contribution in [0.3, 0.4) is 0 Å². The Hall–Kier alpha value is -5.12. The van der Waals surface area contributed by atoms with Crippen LogP contribution in [-0.2, 0) is 18.0 Å². The fourth-order valence-corrected chi connectivity index (χ4v) is 3.84. The van der Waals surface area contributed by atoms with Crippen LogP contribution < -0.4 is 14.2 Å². The molecule has 204 valence electrons. The van der Waals surface area contributed by atoms with Gasteiger partial charge in [-0.05, 0) is 43.7 Å². The molecule has 0 amide bonds. The van der Waals surface area contributed by atoms with Crippen LogP contribution in [0.2, 0.25) is 0 Å². The predicted molar refractivity (Wildman–Crippen MR) is 144 cm³/mol. The van der Waals surface area contributed by atoms with E-state index in [1.54, 1.807) is 44.6 Å². The molecule has 0 fully saturated rings. The summed E-state index contributed by atoms with van der Waals surface area (Å²) in [5.74, 6) is 2.60. The molecule has 40 heavy (non-hydrogen) atoms. The Labute approximate surface area is 230 Å². The predicted octanol–water partition coefficient (Wildman–Crippen LogP) is 6.04. The topological polar surface area (TPSA) is 119 Å². The molecule has 0 N–H and O–H groups in total. The van der Waals surface area contributed by atoms with Crippen molar-refractivity contribution in [2.45, 2.75) is 27.1 Å². The Balaban J connectivity index is 1.31. The maximum absolute atomic E-state index is 12.5. The molecule has 0 bridgehead atoms. The molecule has 0 atom stereocenters. The molecule has 0 aliphatic carbocycles. The van der Waals surface area contributed by atoms with Crippen LogP contribution in [0.5, 0.6) is 17.4 Å². The Morgan fingerprint density at radius 1 is 0.950 bits per heavy atom. The maximum atomic E-state index is 12.5. The van der Waals surface area contributed by atoms with E-state index >= 15 is 0 Å². The molecule has 5 aromatic rings. The Morgan fingerprint density at radius 3 is 2.55 bits per heavy atom. The first kappa shape index (κ1) is 26.5. The number of hydrogen-bond donors (Lipinski definition) is 0. The number of furan rings is 1. The molecular formula is C30H27N3O7. The van der Waals surface area contributed by atoms with E-state index in [-0.39, 0.29) is 31.3 Å². The number of aromatic nitrogens is 3. The maximum Gasteiger partial charge on any atom is 0.345 e. The van der Waals surface area contributed by atoms with Gasteiger partial charge in [-0.15, -0.1) is 0 Å². The largest absolute Gasteiger partial charge is 0.493 e. The zero-order valence-corrected chi connectivity index (χ0v) is 22.2. The number of esters is 1. The first-order valence-corrected chi connectivity index (χ1v) is 12.6. The number of ether oxygens (including phenoxy) is 4. The fourth-order valence-electron chi connectivity index (χ4n) is 3.84. The van der Waals surface area contributed by atoms with Crippen molar-refractivity contribution >= 4 is 5.97 Å². The van der Waals surface area contributed by atoms with E-state index in [9.17, 15) is 4.79 Å². The lowest BCUT2D eigenvalue weighted by Crippen LogP contribution is -2.11. The molecule has 3 heterocycles. The summed E-state index contributed by atoms with van der Waals surface area (Å²) < 4.78 is 33.7. The van der Waals surface area contributed by atoms with Gasteiger partial charge >= 0.3 is 5.97 Å². The molecule has 0 spiro atoms. The van der Waals surface area contributed by atoms with E-state index in [4.69, 9.17) is 27.8 Å². The third kappa shape index (κ3) is 5.96. The highest BCUT2D eigenvalue weighted by atomic mass is 16.5. The average Bonchev–Trinajstić information content (AvgIpc) is 3.65. The molecule has 10 heteroatoms. The van der Waals surface area contributed by atoms with Gasteiger partial charge < -0.3 is 27.8 Å². The van der Waals surface area contributed by atoms with Crippen LogP contribution in [0, 0.1) is 6.92 Å². The highest BCUT2D eigenvalue weighted by molar-refractivity contribution is 5.91. The molecule has 5 rings (SSSR count). The van der Waals surface area contributed by atoms with Crippen LogP contribution >= 0.6 is 0 Å². The van der Waals surface area contributed by atoms with Crippen molar-refractivity contribution < 1.29 is 32.6 Å². The summed E-state index contributed by atoms with van der Waals surface area (Å²) >= 11 is 0. The van der Waals surface area contributed by atoms with Crippen LogP contribution in [0.4, 0.5) is 0 Å². The van der Waals surface area contributed by atoms with Crippen molar-refractivity contribution in [2.24, 2.45) is 0 Å². The lowest BCUT2D eigenvalue weighted by atomic mass is 10.2. The van der Waals surface area contributed by atoms with Gasteiger partial charge in [0, 0.05) is 11.8 Å². The molecule has 0 radical (unpaired) electrons. The zero-order valence-electron chi connectivity index (χ0n) is 22.2. The van der Waals surface area contributed by atoms with Gasteiger partial charge in [0.05, 0.1) is 20.0 Å². The standard InChI is InChI=1S/C30H27N3O7/c1-4-36-30(34)22-16-31-27(21-9-6-5-7-10-21)33-28(22)39-17-20-12-13-24(26(15-20)35-3)38-18-23-19(2)40-29(32-23)25-11-8-14-37-25/h5-16H,4,17-18H2,1-3H3. The number of nitrogens with zero attached hydrogens (tertiary/aromatic N) is 3. The summed E-state index contributed by atoms with van der Waals surface area (Å²) in [5.41, 5.74) is 2.36. The lowest BCUT2D eigenvalue weighted by molar-refractivity contribution is 0.0519. The van der Waals surface area contributed by atoms with E-state index in [0.29, 0.717) is 40.4 Å². The number of rotatable bonds is 11. The number of hydrogen-bond acceptors (Lipinski definition) is 10. The third-order valence-electron chi connectivity index (χ3n) is 5.87. The summed E-state index contributed by atoms with van der Waals surface area (Å²) in [6.45, 7) is 4.05. The highest BCUT2D eigenvalue weighted by Crippen LogP contribution is 2.31. The third-order valence-corrected chi connectivity index (χ3v) is 5.87. The van der Waals surface area contributed by atoms with Crippen LogP contribution in [0.1, 0.15) is 34.3 Å². The summed E-state index contributed by atoms with van der Waals surface area (Å²) in [6.07, 6.45) is 2.98. The van der Waals surface area contributed by atoms with Crippen LogP contribution in [0.25, 0.3) is 23.0 Å². The molecule has 10 nitrogen and oxygen atoms in total. The number of aryl methyl sites for hydroxylation is 1. The van der Waals surface area contributed by atoms with Crippen molar-refractivity contribution in [3.8, 4) is 40.4 Å². The van der Waals surface area contributed by atoms with Crippen molar-refractivity contribution in [1.82, 2.24) is 15.0 Å². The quantitative estimate of drug-likeness (QED) is 0.183. The molecule has 0 aliphatic rings. The van der Waals surface area contributed by atoms with Gasteiger partial charge in [-0.1, -0.05) is 36.4 Å². The molecule has 0 aliphatic heterocycles. The first-order valence-electron chi connectivity index (χ1n) is 12.6. The molecule has 0 saturated carbocycles. The highest BCUT2D eigenvalue weighted by Gasteiger charge is 2.19. The van der Waals surface area contributed by atoms with Gasteiger partial charge in [0.25, 0.3) is 5.89 Å². The van der Waals surface area contributed by atoms with E-state index in [2.05, 4.69) is 15.0 Å². The minimum Gasteiger partial charge on any atom is -0.493 e. The van der Waals surface area contributed by atoms with Gasteiger partial charge in [0.2, 0.25) is 5.88 Å². The summed E-state index contributed by atoms with van der Waals surface area (Å²) in [6, 6.07) is 18.4. The second-order valence-corrected chi connectivity index (χ2v) is 8.56. The second kappa shape index (κ2) is 12.2. The van der Waals surface area contributed by atoms with Crippen molar-refractivity contribution in [3.05, 3.63) is 95.7 Å². The van der Waals surface area contributed by atoms with Gasteiger partial charge in [0.15, 0.2) is 23.1 Å². The van der Waals surface area contributed by atoms with Crippen LogP contribution in [0.15, 0.2) is 82.0 Å². The molecule has 2 aromatic carbocycles. The monoisotopic (exact) mass is 541 g/mol. The molecule has 0 unspecified atom stereocenters. The van der Waals surface area contributed by atoms with Gasteiger partial charge in [-0.2, -0.15) is 4.98 Å². The minimum absolute atomic E-state index is 0.114.